The summed E-state index contributed by atoms with van der Waals surface area (Å²) in [6.07, 6.45) is 3.35. The zero-order valence-electron chi connectivity index (χ0n) is 9.97. The van der Waals surface area contributed by atoms with E-state index in [1.165, 1.54) is 6.20 Å². The van der Waals surface area contributed by atoms with Crippen LogP contribution < -0.4 is 10.0 Å². The lowest BCUT2D eigenvalue weighted by molar-refractivity contribution is -0.124. The van der Waals surface area contributed by atoms with E-state index >= 15 is 0 Å². The van der Waals surface area contributed by atoms with Crippen LogP contribution in [0, 0.1) is 0 Å². The third-order valence-corrected chi connectivity index (χ3v) is 5.76. The van der Waals surface area contributed by atoms with E-state index in [0.717, 1.165) is 22.8 Å². The maximum absolute atomic E-state index is 12.1. The van der Waals surface area contributed by atoms with Crippen LogP contribution in [0.3, 0.4) is 0 Å². The Bertz CT molecular complexity index is 538. The molecule has 2 rings (SSSR count). The van der Waals surface area contributed by atoms with Crippen LogP contribution in [0.1, 0.15) is 24.8 Å². The first-order valence-electron chi connectivity index (χ1n) is 5.77. The molecule has 100 valence electrons. The Hall–Kier alpha value is -0.990. The molecule has 1 saturated heterocycles. The predicted molar refractivity (Wildman–Crippen MR) is 67.8 cm³/mol. The van der Waals surface area contributed by atoms with Crippen LogP contribution in [0.5, 0.6) is 0 Å². The number of sulfonamides is 1. The molecule has 0 aromatic carbocycles. The molecule has 0 spiro atoms. The normalized spacial score (nSPS) is 20.7. The van der Waals surface area contributed by atoms with E-state index in [1.807, 2.05) is 6.92 Å². The Morgan fingerprint density at radius 1 is 1.61 bits per heavy atom. The molecule has 1 atom stereocenters. The van der Waals surface area contributed by atoms with Crippen molar-refractivity contribution in [2.45, 2.75) is 36.4 Å². The van der Waals surface area contributed by atoms with Gasteiger partial charge in [-0.05, 0) is 19.3 Å². The topological polar surface area (TPSA) is 88.2 Å². The van der Waals surface area contributed by atoms with E-state index in [0.29, 0.717) is 19.4 Å². The van der Waals surface area contributed by atoms with E-state index < -0.39 is 16.1 Å². The smallest absolute Gasteiger partial charge is 0.252 e. The van der Waals surface area contributed by atoms with Crippen LogP contribution in [0.25, 0.3) is 0 Å². The molecule has 1 aromatic rings. The highest BCUT2D eigenvalue weighted by Gasteiger charge is 2.28. The summed E-state index contributed by atoms with van der Waals surface area (Å²) >= 11 is 1.14. The van der Waals surface area contributed by atoms with Gasteiger partial charge < -0.3 is 5.32 Å². The number of piperidine rings is 1. The molecule has 1 aromatic heterocycles. The number of hydrogen-bond acceptors (Lipinski definition) is 5. The second-order valence-corrected chi connectivity index (χ2v) is 7.09. The molecule has 2 N–H and O–H groups in total. The molecule has 2 heterocycles. The van der Waals surface area contributed by atoms with E-state index in [9.17, 15) is 13.2 Å². The lowest BCUT2D eigenvalue weighted by atomic mass is 10.1. The lowest BCUT2D eigenvalue weighted by Gasteiger charge is -2.22. The minimum Gasteiger partial charge on any atom is -0.355 e. The van der Waals surface area contributed by atoms with E-state index in [2.05, 4.69) is 15.0 Å². The summed E-state index contributed by atoms with van der Waals surface area (Å²) < 4.78 is 26.7. The van der Waals surface area contributed by atoms with Gasteiger partial charge in [0.15, 0.2) is 4.21 Å². The van der Waals surface area contributed by atoms with Crippen molar-refractivity contribution in [2.75, 3.05) is 6.54 Å². The molecule has 1 aliphatic rings. The van der Waals surface area contributed by atoms with Crippen molar-refractivity contribution in [1.82, 2.24) is 15.0 Å². The zero-order valence-corrected chi connectivity index (χ0v) is 11.6. The van der Waals surface area contributed by atoms with Crippen LogP contribution >= 0.6 is 11.3 Å². The Morgan fingerprint density at radius 2 is 2.39 bits per heavy atom. The van der Waals surface area contributed by atoms with Gasteiger partial charge in [-0.15, -0.1) is 11.3 Å². The fourth-order valence-electron chi connectivity index (χ4n) is 1.71. The molecule has 6 nitrogen and oxygen atoms in total. The molecule has 0 aliphatic carbocycles. The van der Waals surface area contributed by atoms with Crippen LogP contribution in [0.15, 0.2) is 10.4 Å². The van der Waals surface area contributed by atoms with Crippen molar-refractivity contribution in [3.63, 3.8) is 0 Å². The summed E-state index contributed by atoms with van der Waals surface area (Å²) in [6.45, 7) is 2.52. The molecule has 1 aliphatic heterocycles. The minimum absolute atomic E-state index is 0.165. The number of amides is 1. The van der Waals surface area contributed by atoms with Gasteiger partial charge >= 0.3 is 0 Å². The molecule has 8 heteroatoms. The van der Waals surface area contributed by atoms with Gasteiger partial charge in [-0.2, -0.15) is 4.72 Å². The molecule has 0 saturated carbocycles. The molecule has 1 amide bonds. The van der Waals surface area contributed by atoms with Gasteiger partial charge in [0.2, 0.25) is 5.91 Å². The van der Waals surface area contributed by atoms with Crippen LogP contribution in [-0.2, 0) is 21.2 Å². The maximum Gasteiger partial charge on any atom is 0.252 e. The van der Waals surface area contributed by atoms with E-state index in [4.69, 9.17) is 0 Å². The average molecular weight is 289 g/mol. The van der Waals surface area contributed by atoms with Gasteiger partial charge in [-0.1, -0.05) is 6.92 Å². The minimum atomic E-state index is -3.64. The number of aryl methyl sites for hydroxylation is 1. The van der Waals surface area contributed by atoms with Gasteiger partial charge in [0.25, 0.3) is 10.0 Å². The third-order valence-electron chi connectivity index (χ3n) is 2.68. The number of rotatable bonds is 4. The number of nitrogens with one attached hydrogen (secondary N) is 2. The van der Waals surface area contributed by atoms with E-state index in [1.54, 1.807) is 0 Å². The average Bonchev–Trinajstić information content (AvgIpc) is 2.81. The molecule has 1 fully saturated rings. The summed E-state index contributed by atoms with van der Waals surface area (Å²) in [5, 5.41) is 3.41. The number of aromatic nitrogens is 1. The molecule has 0 unspecified atom stereocenters. The number of carbonyl (C=O) groups is 1. The van der Waals surface area contributed by atoms with Gasteiger partial charge in [0, 0.05) is 6.54 Å². The lowest BCUT2D eigenvalue weighted by Crippen LogP contribution is -2.49. The summed E-state index contributed by atoms with van der Waals surface area (Å²) in [4.78, 5) is 15.5. The Labute approximate surface area is 110 Å². The molecule has 18 heavy (non-hydrogen) atoms. The van der Waals surface area contributed by atoms with Crippen molar-refractivity contribution in [3.8, 4) is 0 Å². The van der Waals surface area contributed by atoms with E-state index in [-0.39, 0.29) is 10.1 Å². The SMILES string of the molecule is CCc1ncc(S(=O)(=O)N[C@H]2CCCNC2=O)s1. The van der Waals surface area contributed by atoms with Crippen LogP contribution in [0.2, 0.25) is 0 Å². The Morgan fingerprint density at radius 3 is 3.00 bits per heavy atom. The first-order chi connectivity index (χ1) is 8.53. The van der Waals surface area contributed by atoms with Crippen molar-refractivity contribution in [1.29, 1.82) is 0 Å². The number of nitrogens with zero attached hydrogens (tertiary/aromatic N) is 1. The van der Waals surface area contributed by atoms with Crippen molar-refractivity contribution in [2.24, 2.45) is 0 Å². The van der Waals surface area contributed by atoms with Crippen molar-refractivity contribution in [3.05, 3.63) is 11.2 Å². The molecular formula is C10H15N3O3S2. The number of hydrogen-bond donors (Lipinski definition) is 2. The number of carbonyl (C=O) groups excluding carboxylic acids is 1. The molecule has 0 bridgehead atoms. The van der Waals surface area contributed by atoms with Gasteiger partial charge in [0.05, 0.1) is 11.2 Å². The van der Waals surface area contributed by atoms with Crippen LogP contribution in [0.4, 0.5) is 0 Å². The first kappa shape index (κ1) is 13.4. The highest BCUT2D eigenvalue weighted by Crippen LogP contribution is 2.20. The summed E-state index contributed by atoms with van der Waals surface area (Å²) in [7, 11) is -3.64. The molecular weight excluding hydrogens is 274 g/mol. The predicted octanol–water partition coefficient (Wildman–Crippen LogP) is 0.262. The summed E-state index contributed by atoms with van der Waals surface area (Å²) in [5.41, 5.74) is 0. The standard InChI is InChI=1S/C10H15N3O3S2/c1-2-8-12-6-9(17-8)18(15,16)13-7-4-3-5-11-10(7)14/h6-7,13H,2-5H2,1H3,(H,11,14)/t7-/m0/s1. The van der Waals surface area contributed by atoms with Gasteiger partial charge in [0.1, 0.15) is 6.04 Å². The number of thiazole rings is 1. The Kier molecular flexibility index (Phi) is 3.98. The fraction of sp³-hybridized carbons (Fsp3) is 0.600. The zero-order chi connectivity index (χ0) is 13.2. The first-order valence-corrected chi connectivity index (χ1v) is 8.07. The summed E-state index contributed by atoms with van der Waals surface area (Å²) in [5.74, 6) is -0.259. The maximum atomic E-state index is 12.1. The second kappa shape index (κ2) is 5.33. The third kappa shape index (κ3) is 2.88. The largest absolute Gasteiger partial charge is 0.355 e. The van der Waals surface area contributed by atoms with Crippen molar-refractivity contribution >= 4 is 27.3 Å². The molecule has 0 radical (unpaired) electrons. The highest BCUT2D eigenvalue weighted by atomic mass is 32.2. The quantitative estimate of drug-likeness (QED) is 0.832. The second-order valence-electron chi connectivity index (χ2n) is 4.03. The Balaban J connectivity index is 2.13. The van der Waals surface area contributed by atoms with Gasteiger partial charge in [-0.3, -0.25) is 4.79 Å². The van der Waals surface area contributed by atoms with Crippen molar-refractivity contribution < 1.29 is 13.2 Å². The summed E-state index contributed by atoms with van der Waals surface area (Å²) in [6, 6.07) is -0.670. The van der Waals surface area contributed by atoms with Gasteiger partial charge in [-0.25, -0.2) is 13.4 Å². The monoisotopic (exact) mass is 289 g/mol. The fourth-order valence-corrected chi connectivity index (χ4v) is 4.08. The van der Waals surface area contributed by atoms with Crippen LogP contribution in [-0.4, -0.2) is 31.9 Å². The highest BCUT2D eigenvalue weighted by molar-refractivity contribution is 7.91.